The molecule has 0 aliphatic heterocycles. The van der Waals surface area contributed by atoms with E-state index >= 15 is 0 Å². The topological polar surface area (TPSA) is 79.5 Å². The number of anilines is 2. The van der Waals surface area contributed by atoms with E-state index in [1.54, 1.807) is 24.3 Å². The van der Waals surface area contributed by atoms with Crippen LogP contribution in [0.3, 0.4) is 0 Å². The van der Waals surface area contributed by atoms with Crippen LogP contribution < -0.4 is 20.7 Å². The van der Waals surface area contributed by atoms with Crippen molar-refractivity contribution in [3.05, 3.63) is 54.1 Å². The van der Waals surface area contributed by atoms with Gasteiger partial charge >= 0.3 is 0 Å². The summed E-state index contributed by atoms with van der Waals surface area (Å²) in [7, 11) is 0. The van der Waals surface area contributed by atoms with Crippen molar-refractivity contribution < 1.29 is 14.3 Å². The zero-order valence-electron chi connectivity index (χ0n) is 16.0. The summed E-state index contributed by atoms with van der Waals surface area (Å²) in [6.07, 6.45) is 1.07. The number of rotatable bonds is 9. The second kappa shape index (κ2) is 10.2. The summed E-state index contributed by atoms with van der Waals surface area (Å²) >= 11 is 0. The van der Waals surface area contributed by atoms with Crippen molar-refractivity contribution in [3.8, 4) is 5.75 Å². The molecule has 1 unspecified atom stereocenters. The molecule has 0 saturated heterocycles. The second-order valence-corrected chi connectivity index (χ2v) is 6.20. The van der Waals surface area contributed by atoms with Crippen LogP contribution in [-0.2, 0) is 4.79 Å². The van der Waals surface area contributed by atoms with Crippen LogP contribution in [0.5, 0.6) is 5.75 Å². The molecule has 6 heteroatoms. The molecule has 0 radical (unpaired) electrons. The highest BCUT2D eigenvalue weighted by Gasteiger charge is 2.07. The van der Waals surface area contributed by atoms with Crippen LogP contribution in [0.4, 0.5) is 11.4 Å². The van der Waals surface area contributed by atoms with Crippen LogP contribution in [0.2, 0.25) is 0 Å². The van der Waals surface area contributed by atoms with E-state index in [2.05, 4.69) is 22.9 Å². The third kappa shape index (κ3) is 6.66. The molecule has 2 aromatic rings. The Labute approximate surface area is 160 Å². The molecule has 0 aliphatic rings. The molecule has 2 rings (SSSR count). The molecule has 0 heterocycles. The van der Waals surface area contributed by atoms with Gasteiger partial charge in [0.25, 0.3) is 5.91 Å². The van der Waals surface area contributed by atoms with Gasteiger partial charge in [-0.25, -0.2) is 0 Å². The third-order valence-corrected chi connectivity index (χ3v) is 3.97. The Kier molecular flexibility index (Phi) is 7.67. The van der Waals surface area contributed by atoms with E-state index < -0.39 is 0 Å². The molecule has 6 nitrogen and oxygen atoms in total. The van der Waals surface area contributed by atoms with Gasteiger partial charge in [-0.3, -0.25) is 9.59 Å². The summed E-state index contributed by atoms with van der Waals surface area (Å²) in [4.78, 5) is 23.9. The largest absolute Gasteiger partial charge is 0.491 e. The molecular formula is C21H27N3O3. The van der Waals surface area contributed by atoms with Crippen molar-refractivity contribution in [1.82, 2.24) is 5.32 Å². The van der Waals surface area contributed by atoms with Crippen molar-refractivity contribution in [3.63, 3.8) is 0 Å². The molecule has 2 amide bonds. The van der Waals surface area contributed by atoms with Gasteiger partial charge in [-0.05, 0) is 56.7 Å². The molecule has 2 aromatic carbocycles. The number of hydrogen-bond donors (Lipinski definition) is 3. The van der Waals surface area contributed by atoms with E-state index in [0.29, 0.717) is 17.8 Å². The molecule has 0 saturated carbocycles. The zero-order chi connectivity index (χ0) is 19.6. The van der Waals surface area contributed by atoms with Gasteiger partial charge in [-0.2, -0.15) is 0 Å². The highest BCUT2D eigenvalue weighted by atomic mass is 16.5. The van der Waals surface area contributed by atoms with Crippen molar-refractivity contribution in [1.29, 1.82) is 0 Å². The Balaban J connectivity index is 1.85. The van der Waals surface area contributed by atoms with Crippen molar-refractivity contribution in [2.75, 3.05) is 23.7 Å². The number of ether oxygens (including phenoxy) is 1. The summed E-state index contributed by atoms with van der Waals surface area (Å²) in [5.41, 5.74) is 2.02. The number of nitrogens with one attached hydrogen (secondary N) is 3. The van der Waals surface area contributed by atoms with E-state index in [9.17, 15) is 9.59 Å². The molecule has 0 fully saturated rings. The van der Waals surface area contributed by atoms with Gasteiger partial charge in [0.1, 0.15) is 5.75 Å². The lowest BCUT2D eigenvalue weighted by Gasteiger charge is -2.14. The lowest BCUT2D eigenvalue weighted by atomic mass is 10.2. The highest BCUT2D eigenvalue weighted by Crippen LogP contribution is 2.19. The zero-order valence-corrected chi connectivity index (χ0v) is 16.0. The first-order valence-electron chi connectivity index (χ1n) is 9.20. The number of amides is 2. The first-order chi connectivity index (χ1) is 13.0. The van der Waals surface area contributed by atoms with Gasteiger partial charge in [0.15, 0.2) is 0 Å². The molecule has 0 spiro atoms. The van der Waals surface area contributed by atoms with Gasteiger partial charge in [-0.1, -0.05) is 13.0 Å². The number of carbonyl (C=O) groups excluding carboxylic acids is 2. The molecule has 3 N–H and O–H groups in total. The second-order valence-electron chi connectivity index (χ2n) is 6.20. The van der Waals surface area contributed by atoms with Gasteiger partial charge in [0.05, 0.1) is 12.6 Å². The van der Waals surface area contributed by atoms with Crippen LogP contribution in [0.1, 0.15) is 37.6 Å². The van der Waals surface area contributed by atoms with E-state index in [4.69, 9.17) is 4.74 Å². The third-order valence-electron chi connectivity index (χ3n) is 3.97. The minimum Gasteiger partial charge on any atom is -0.491 e. The van der Waals surface area contributed by atoms with E-state index in [0.717, 1.165) is 17.9 Å². The predicted molar refractivity (Wildman–Crippen MR) is 108 cm³/mol. The van der Waals surface area contributed by atoms with Gasteiger partial charge < -0.3 is 20.7 Å². The quantitative estimate of drug-likeness (QED) is 0.630. The van der Waals surface area contributed by atoms with Crippen molar-refractivity contribution in [2.45, 2.75) is 33.3 Å². The summed E-state index contributed by atoms with van der Waals surface area (Å²) < 4.78 is 5.78. The smallest absolute Gasteiger partial charge is 0.251 e. The summed E-state index contributed by atoms with van der Waals surface area (Å²) in [6, 6.07) is 14.3. The first-order valence-corrected chi connectivity index (χ1v) is 9.20. The Morgan fingerprint density at radius 1 is 1.04 bits per heavy atom. The molecule has 1 atom stereocenters. The fraction of sp³-hybridized carbons (Fsp3) is 0.333. The van der Waals surface area contributed by atoms with Crippen LogP contribution in [-0.4, -0.2) is 31.0 Å². The minimum atomic E-state index is -0.172. The minimum absolute atomic E-state index is 0.128. The summed E-state index contributed by atoms with van der Waals surface area (Å²) in [5, 5.41) is 8.62. The van der Waals surface area contributed by atoms with Crippen LogP contribution >= 0.6 is 0 Å². The Bertz CT molecular complexity index is 760. The Morgan fingerprint density at radius 2 is 1.78 bits per heavy atom. The highest BCUT2D eigenvalue weighted by molar-refractivity contribution is 5.96. The molecule has 144 valence electrons. The molecule has 0 bridgehead atoms. The SMILES string of the molecule is CCNC(=O)c1ccc(NC(=O)CNc2cccc(OC(C)CC)c2)cc1. The summed E-state index contributed by atoms with van der Waals surface area (Å²) in [6.45, 7) is 6.66. The fourth-order valence-electron chi connectivity index (χ4n) is 2.35. The first kappa shape index (κ1) is 20.3. The van der Waals surface area contributed by atoms with Crippen LogP contribution in [0, 0.1) is 0 Å². The maximum absolute atomic E-state index is 12.1. The van der Waals surface area contributed by atoms with Gasteiger partial charge in [-0.15, -0.1) is 0 Å². The molecular weight excluding hydrogens is 342 g/mol. The van der Waals surface area contributed by atoms with Crippen molar-refractivity contribution >= 4 is 23.2 Å². The predicted octanol–water partition coefficient (Wildman–Crippen LogP) is 3.66. The van der Waals surface area contributed by atoms with E-state index in [-0.39, 0.29) is 24.5 Å². The lowest BCUT2D eigenvalue weighted by Crippen LogP contribution is -2.23. The maximum Gasteiger partial charge on any atom is 0.251 e. The van der Waals surface area contributed by atoms with Crippen molar-refractivity contribution in [2.24, 2.45) is 0 Å². The van der Waals surface area contributed by atoms with Crippen LogP contribution in [0.25, 0.3) is 0 Å². The summed E-state index contributed by atoms with van der Waals surface area (Å²) in [5.74, 6) is 0.473. The number of hydrogen-bond acceptors (Lipinski definition) is 4. The van der Waals surface area contributed by atoms with Crippen LogP contribution in [0.15, 0.2) is 48.5 Å². The fourth-order valence-corrected chi connectivity index (χ4v) is 2.35. The van der Waals surface area contributed by atoms with E-state index in [1.807, 2.05) is 38.1 Å². The lowest BCUT2D eigenvalue weighted by molar-refractivity contribution is -0.114. The molecule has 0 aliphatic carbocycles. The average Bonchev–Trinajstić information content (AvgIpc) is 2.67. The number of carbonyl (C=O) groups is 2. The number of benzene rings is 2. The van der Waals surface area contributed by atoms with Gasteiger partial charge in [0, 0.05) is 29.5 Å². The standard InChI is InChI=1S/C21H27N3O3/c1-4-15(3)27-19-8-6-7-18(13-19)23-14-20(25)24-17-11-9-16(10-12-17)21(26)22-5-2/h6-13,15,23H,4-5,14H2,1-3H3,(H,22,26)(H,24,25). The normalized spacial score (nSPS) is 11.4. The average molecular weight is 369 g/mol. The molecule has 27 heavy (non-hydrogen) atoms. The Morgan fingerprint density at radius 3 is 2.44 bits per heavy atom. The maximum atomic E-state index is 12.1. The van der Waals surface area contributed by atoms with E-state index in [1.165, 1.54) is 0 Å². The molecule has 0 aromatic heterocycles. The Hall–Kier alpha value is -3.02. The monoisotopic (exact) mass is 369 g/mol. The van der Waals surface area contributed by atoms with Gasteiger partial charge in [0.2, 0.25) is 5.91 Å².